The monoisotopic (exact) mass is 269 g/mol. The van der Waals surface area contributed by atoms with Crippen LogP contribution in [0, 0.1) is 5.82 Å². The molecule has 104 valence electrons. The van der Waals surface area contributed by atoms with Gasteiger partial charge < -0.3 is 9.47 Å². The zero-order chi connectivity index (χ0) is 14.6. The number of benzene rings is 1. The fraction of sp³-hybridized carbons (Fsp3) is 0.385. The zero-order valence-electron chi connectivity index (χ0n) is 11.2. The summed E-state index contributed by atoms with van der Waals surface area (Å²) in [5.41, 5.74) is -0.669. The van der Waals surface area contributed by atoms with Crippen molar-refractivity contribution in [2.45, 2.75) is 26.4 Å². The lowest BCUT2D eigenvalue weighted by atomic mass is 10.2. The van der Waals surface area contributed by atoms with Crippen LogP contribution in [0.25, 0.3) is 0 Å². The molecule has 1 rings (SSSR count). The Balaban J connectivity index is 2.99. The van der Waals surface area contributed by atoms with Crippen LogP contribution in [0.4, 0.5) is 14.9 Å². The van der Waals surface area contributed by atoms with Crippen molar-refractivity contribution in [3.05, 3.63) is 23.5 Å². The van der Waals surface area contributed by atoms with Gasteiger partial charge in [-0.1, -0.05) is 0 Å². The van der Waals surface area contributed by atoms with Gasteiger partial charge in [-0.2, -0.15) is 0 Å². The van der Waals surface area contributed by atoms with E-state index in [9.17, 15) is 14.0 Å². The Bertz CT molecular complexity index is 494. The molecule has 0 aromatic heterocycles. The van der Waals surface area contributed by atoms with Crippen molar-refractivity contribution < 1.29 is 23.5 Å². The number of amides is 1. The van der Waals surface area contributed by atoms with E-state index in [1.165, 1.54) is 13.2 Å². The molecule has 0 saturated carbocycles. The predicted molar refractivity (Wildman–Crippen MR) is 68.2 cm³/mol. The Morgan fingerprint density at radius 2 is 2.00 bits per heavy atom. The molecule has 0 spiro atoms. The Hall–Kier alpha value is -2.11. The lowest BCUT2D eigenvalue weighted by Gasteiger charge is -2.20. The molecule has 0 aliphatic heterocycles. The molecule has 0 radical (unpaired) electrons. The quantitative estimate of drug-likeness (QED) is 0.857. The molecule has 0 heterocycles. The highest BCUT2D eigenvalue weighted by atomic mass is 19.1. The summed E-state index contributed by atoms with van der Waals surface area (Å²) in [5.74, 6) is -0.615. The standard InChI is InChI=1S/C13H16FNO4/c1-13(2,3)19-12(17)15-10-5-8(7-16)9(14)6-11(10)18-4/h5-7H,1-4H3,(H,15,17). The number of carbonyl (C=O) groups is 2. The largest absolute Gasteiger partial charge is 0.494 e. The number of hydrogen-bond donors (Lipinski definition) is 1. The van der Waals surface area contributed by atoms with Gasteiger partial charge >= 0.3 is 6.09 Å². The number of carbonyl (C=O) groups excluding carboxylic acids is 2. The highest BCUT2D eigenvalue weighted by Gasteiger charge is 2.18. The van der Waals surface area contributed by atoms with E-state index in [-0.39, 0.29) is 17.0 Å². The molecule has 0 unspecified atom stereocenters. The van der Waals surface area contributed by atoms with Gasteiger partial charge in [0.05, 0.1) is 18.4 Å². The summed E-state index contributed by atoms with van der Waals surface area (Å²) in [4.78, 5) is 22.3. The van der Waals surface area contributed by atoms with E-state index in [0.717, 1.165) is 6.07 Å². The molecule has 5 nitrogen and oxygen atoms in total. The highest BCUT2D eigenvalue weighted by Crippen LogP contribution is 2.27. The van der Waals surface area contributed by atoms with Crippen LogP contribution in [0.15, 0.2) is 12.1 Å². The SMILES string of the molecule is COc1cc(F)c(C=O)cc1NC(=O)OC(C)(C)C. The van der Waals surface area contributed by atoms with E-state index in [1.807, 2.05) is 0 Å². The van der Waals surface area contributed by atoms with Crippen LogP contribution in [0.2, 0.25) is 0 Å². The predicted octanol–water partition coefficient (Wildman–Crippen LogP) is 2.99. The van der Waals surface area contributed by atoms with Crippen molar-refractivity contribution >= 4 is 18.1 Å². The third-order valence-electron chi connectivity index (χ3n) is 2.08. The summed E-state index contributed by atoms with van der Waals surface area (Å²) in [7, 11) is 1.33. The minimum Gasteiger partial charge on any atom is -0.494 e. The Kier molecular flexibility index (Phi) is 4.47. The van der Waals surface area contributed by atoms with E-state index in [2.05, 4.69) is 5.32 Å². The second-order valence-corrected chi connectivity index (χ2v) is 4.82. The number of halogens is 1. The number of ether oxygens (including phenoxy) is 2. The fourth-order valence-electron chi connectivity index (χ4n) is 1.34. The minimum atomic E-state index is -0.721. The molecule has 6 heteroatoms. The summed E-state index contributed by atoms with van der Waals surface area (Å²) >= 11 is 0. The van der Waals surface area contributed by atoms with E-state index >= 15 is 0 Å². The molecule has 0 atom stereocenters. The topological polar surface area (TPSA) is 64.6 Å². The molecule has 0 aliphatic carbocycles. The number of aldehydes is 1. The van der Waals surface area contributed by atoms with Gasteiger partial charge in [0.15, 0.2) is 6.29 Å². The maximum atomic E-state index is 13.4. The molecule has 1 aromatic carbocycles. The summed E-state index contributed by atoms with van der Waals surface area (Å²) in [6, 6.07) is 2.21. The molecule has 0 aliphatic rings. The van der Waals surface area contributed by atoms with Crippen molar-refractivity contribution in [1.82, 2.24) is 0 Å². The van der Waals surface area contributed by atoms with Crippen LogP contribution in [0.5, 0.6) is 5.75 Å². The number of hydrogen-bond acceptors (Lipinski definition) is 4. The molecule has 0 saturated heterocycles. The summed E-state index contributed by atoms with van der Waals surface area (Å²) < 4.78 is 23.4. The lowest BCUT2D eigenvalue weighted by Crippen LogP contribution is -2.27. The molecule has 1 amide bonds. The van der Waals surface area contributed by atoms with Gasteiger partial charge in [0.25, 0.3) is 0 Å². The first-order chi connectivity index (χ1) is 8.76. The Morgan fingerprint density at radius 1 is 1.37 bits per heavy atom. The molecule has 0 bridgehead atoms. The summed E-state index contributed by atoms with van der Waals surface area (Å²) in [6.45, 7) is 5.14. The number of methoxy groups -OCH3 is 1. The molecule has 19 heavy (non-hydrogen) atoms. The highest BCUT2D eigenvalue weighted by molar-refractivity contribution is 5.89. The maximum absolute atomic E-state index is 13.4. The number of nitrogens with one attached hydrogen (secondary N) is 1. The number of rotatable bonds is 3. The second-order valence-electron chi connectivity index (χ2n) is 4.82. The van der Waals surface area contributed by atoms with Crippen molar-refractivity contribution in [2.75, 3.05) is 12.4 Å². The van der Waals surface area contributed by atoms with E-state index in [4.69, 9.17) is 9.47 Å². The van der Waals surface area contributed by atoms with E-state index < -0.39 is 17.5 Å². The van der Waals surface area contributed by atoms with E-state index in [1.54, 1.807) is 20.8 Å². The second kappa shape index (κ2) is 5.69. The molecule has 1 N–H and O–H groups in total. The van der Waals surface area contributed by atoms with Gasteiger partial charge in [-0.25, -0.2) is 9.18 Å². The number of anilines is 1. The normalized spacial score (nSPS) is 10.8. The van der Waals surface area contributed by atoms with Gasteiger partial charge in [0, 0.05) is 6.07 Å². The van der Waals surface area contributed by atoms with Crippen molar-refractivity contribution in [2.24, 2.45) is 0 Å². The minimum absolute atomic E-state index is 0.106. The van der Waals surface area contributed by atoms with Crippen LogP contribution < -0.4 is 10.1 Å². The van der Waals surface area contributed by atoms with Crippen LogP contribution in [0.3, 0.4) is 0 Å². The third kappa shape index (κ3) is 4.24. The van der Waals surface area contributed by atoms with Gasteiger partial charge in [0.2, 0.25) is 0 Å². The van der Waals surface area contributed by atoms with Gasteiger partial charge in [0.1, 0.15) is 17.2 Å². The van der Waals surface area contributed by atoms with Crippen LogP contribution in [-0.4, -0.2) is 25.1 Å². The van der Waals surface area contributed by atoms with Crippen molar-refractivity contribution in [3.8, 4) is 5.75 Å². The average molecular weight is 269 g/mol. The van der Waals surface area contributed by atoms with Gasteiger partial charge in [-0.3, -0.25) is 10.1 Å². The first-order valence-corrected chi connectivity index (χ1v) is 5.59. The molecular weight excluding hydrogens is 253 g/mol. The summed E-state index contributed by atoms with van der Waals surface area (Å²) in [5, 5.41) is 2.41. The fourth-order valence-corrected chi connectivity index (χ4v) is 1.34. The average Bonchev–Trinajstić information content (AvgIpc) is 2.28. The summed E-state index contributed by atoms with van der Waals surface area (Å²) in [6.07, 6.45) is -0.357. The smallest absolute Gasteiger partial charge is 0.412 e. The molecule has 1 aromatic rings. The third-order valence-corrected chi connectivity index (χ3v) is 2.08. The van der Waals surface area contributed by atoms with Crippen molar-refractivity contribution in [1.29, 1.82) is 0 Å². The van der Waals surface area contributed by atoms with E-state index in [0.29, 0.717) is 6.29 Å². The van der Waals surface area contributed by atoms with Crippen LogP contribution in [-0.2, 0) is 4.74 Å². The first kappa shape index (κ1) is 14.9. The van der Waals surface area contributed by atoms with Crippen LogP contribution in [0.1, 0.15) is 31.1 Å². The zero-order valence-corrected chi connectivity index (χ0v) is 11.2. The van der Waals surface area contributed by atoms with Gasteiger partial charge in [-0.05, 0) is 26.8 Å². The first-order valence-electron chi connectivity index (χ1n) is 5.59. The maximum Gasteiger partial charge on any atom is 0.412 e. The Morgan fingerprint density at radius 3 is 2.47 bits per heavy atom. The van der Waals surface area contributed by atoms with Gasteiger partial charge in [-0.15, -0.1) is 0 Å². The van der Waals surface area contributed by atoms with Crippen LogP contribution >= 0.6 is 0 Å². The lowest BCUT2D eigenvalue weighted by molar-refractivity contribution is 0.0635. The molecule has 0 fully saturated rings. The molecular formula is C13H16FNO4. The van der Waals surface area contributed by atoms with Crippen molar-refractivity contribution in [3.63, 3.8) is 0 Å². The Labute approximate surface area is 110 Å².